The molecule has 31 heavy (non-hydrogen) atoms. The lowest BCUT2D eigenvalue weighted by molar-refractivity contribution is -0.142. The van der Waals surface area contributed by atoms with Crippen molar-refractivity contribution < 1.29 is 23.8 Å². The van der Waals surface area contributed by atoms with Crippen molar-refractivity contribution in [1.82, 2.24) is 5.32 Å². The van der Waals surface area contributed by atoms with Crippen molar-refractivity contribution in [2.75, 3.05) is 6.61 Å². The average Bonchev–Trinajstić information content (AvgIpc) is 2.78. The fourth-order valence-corrected chi connectivity index (χ4v) is 3.50. The number of hydrogen-bond donors (Lipinski definition) is 2. The topological polar surface area (TPSA) is 106 Å². The second-order valence-corrected chi connectivity index (χ2v) is 7.04. The Kier molecular flexibility index (Phi) is 5.41. The number of nitrogens with one attached hydrogen (secondary N) is 1. The highest BCUT2D eigenvalue weighted by atomic mass is 16.5. The number of carboxylic acids is 1. The molecular weight excluding hydrogens is 398 g/mol. The SMILES string of the molecule is Cc1c(OCC(=O)NC(C(=O)O)c2ccccc2)ccc2c1oc(=O)c1ccccc12. The molecule has 0 saturated heterocycles. The minimum Gasteiger partial charge on any atom is -0.483 e. The molecule has 1 atom stereocenters. The molecule has 0 saturated carbocycles. The first-order valence-electron chi connectivity index (χ1n) is 9.61. The predicted octanol–water partition coefficient (Wildman–Crippen LogP) is 3.58. The molecule has 0 spiro atoms. The first-order chi connectivity index (χ1) is 15.0. The van der Waals surface area contributed by atoms with Gasteiger partial charge in [0.1, 0.15) is 11.3 Å². The fourth-order valence-electron chi connectivity index (χ4n) is 3.50. The van der Waals surface area contributed by atoms with E-state index in [1.54, 1.807) is 61.5 Å². The third-order valence-corrected chi connectivity index (χ3v) is 5.03. The predicted molar refractivity (Wildman–Crippen MR) is 115 cm³/mol. The van der Waals surface area contributed by atoms with Gasteiger partial charge in [-0.15, -0.1) is 0 Å². The van der Waals surface area contributed by atoms with E-state index in [1.165, 1.54) is 0 Å². The standard InChI is InChI=1S/C24H19NO6/c1-14-19(12-11-17-16-9-5-6-10-18(16)24(29)31-22(14)17)30-13-20(26)25-21(23(27)28)15-7-3-2-4-8-15/h2-12,21H,13H2,1H3,(H,25,26)(H,27,28). The van der Waals surface area contributed by atoms with E-state index in [0.29, 0.717) is 27.8 Å². The summed E-state index contributed by atoms with van der Waals surface area (Å²) >= 11 is 0. The highest BCUT2D eigenvalue weighted by Gasteiger charge is 2.22. The molecule has 0 bridgehead atoms. The molecule has 7 nitrogen and oxygen atoms in total. The number of carbonyl (C=O) groups excluding carboxylic acids is 1. The van der Waals surface area contributed by atoms with Crippen LogP contribution in [0.2, 0.25) is 0 Å². The van der Waals surface area contributed by atoms with Crippen molar-refractivity contribution in [3.8, 4) is 5.75 Å². The van der Waals surface area contributed by atoms with Gasteiger partial charge < -0.3 is 19.6 Å². The number of aliphatic carboxylic acids is 1. The molecule has 7 heteroatoms. The maximum absolute atomic E-state index is 12.3. The smallest absolute Gasteiger partial charge is 0.344 e. The Morgan fingerprint density at radius 3 is 2.35 bits per heavy atom. The van der Waals surface area contributed by atoms with Gasteiger partial charge in [0.05, 0.1) is 5.39 Å². The Bertz CT molecular complexity index is 1340. The van der Waals surface area contributed by atoms with Gasteiger partial charge in [-0.3, -0.25) is 4.79 Å². The van der Waals surface area contributed by atoms with Crippen molar-refractivity contribution in [3.05, 3.63) is 88.3 Å². The molecule has 4 rings (SSSR count). The lowest BCUT2D eigenvalue weighted by Gasteiger charge is -2.16. The summed E-state index contributed by atoms with van der Waals surface area (Å²) in [6, 6.07) is 17.9. The van der Waals surface area contributed by atoms with Gasteiger partial charge in [0.25, 0.3) is 5.91 Å². The highest BCUT2D eigenvalue weighted by Crippen LogP contribution is 2.30. The zero-order chi connectivity index (χ0) is 22.0. The van der Waals surface area contributed by atoms with Crippen molar-refractivity contribution >= 4 is 33.6 Å². The first-order valence-corrected chi connectivity index (χ1v) is 9.61. The molecule has 0 radical (unpaired) electrons. The van der Waals surface area contributed by atoms with Crippen LogP contribution in [0.3, 0.4) is 0 Å². The van der Waals surface area contributed by atoms with Gasteiger partial charge in [0, 0.05) is 10.9 Å². The van der Waals surface area contributed by atoms with Gasteiger partial charge in [-0.25, -0.2) is 9.59 Å². The van der Waals surface area contributed by atoms with E-state index in [0.717, 1.165) is 10.8 Å². The molecule has 1 aromatic heterocycles. The zero-order valence-electron chi connectivity index (χ0n) is 16.6. The van der Waals surface area contributed by atoms with Gasteiger partial charge >= 0.3 is 11.6 Å². The number of hydrogen-bond acceptors (Lipinski definition) is 5. The number of carboxylic acid groups (broad SMARTS) is 1. The van der Waals surface area contributed by atoms with Crippen LogP contribution < -0.4 is 15.7 Å². The molecule has 0 fully saturated rings. The van der Waals surface area contributed by atoms with Crippen LogP contribution >= 0.6 is 0 Å². The summed E-state index contributed by atoms with van der Waals surface area (Å²) in [7, 11) is 0. The number of ether oxygens (including phenoxy) is 1. The number of carbonyl (C=O) groups is 2. The Labute approximate surface area is 176 Å². The zero-order valence-corrected chi connectivity index (χ0v) is 16.6. The summed E-state index contributed by atoms with van der Waals surface area (Å²) < 4.78 is 11.1. The largest absolute Gasteiger partial charge is 0.483 e. The van der Waals surface area contributed by atoms with Crippen molar-refractivity contribution in [2.45, 2.75) is 13.0 Å². The quantitative estimate of drug-likeness (QED) is 0.367. The molecule has 2 N–H and O–H groups in total. The molecule has 0 aliphatic rings. The van der Waals surface area contributed by atoms with Gasteiger partial charge in [-0.2, -0.15) is 0 Å². The van der Waals surface area contributed by atoms with Crippen LogP contribution in [-0.2, 0) is 9.59 Å². The first kappa shape index (κ1) is 20.2. The van der Waals surface area contributed by atoms with Crippen LogP contribution in [0.4, 0.5) is 0 Å². The van der Waals surface area contributed by atoms with E-state index in [1.807, 2.05) is 12.1 Å². The molecule has 0 aliphatic heterocycles. The van der Waals surface area contributed by atoms with Gasteiger partial charge in [-0.05, 0) is 36.1 Å². The van der Waals surface area contributed by atoms with Gasteiger partial charge in [-0.1, -0.05) is 48.5 Å². The highest BCUT2D eigenvalue weighted by molar-refractivity contribution is 6.05. The Hall–Kier alpha value is -4.13. The van der Waals surface area contributed by atoms with Crippen LogP contribution in [0.1, 0.15) is 17.2 Å². The maximum Gasteiger partial charge on any atom is 0.344 e. The average molecular weight is 417 g/mol. The van der Waals surface area contributed by atoms with Crippen molar-refractivity contribution in [1.29, 1.82) is 0 Å². The molecule has 1 unspecified atom stereocenters. The van der Waals surface area contributed by atoms with Crippen LogP contribution in [0, 0.1) is 6.92 Å². The molecule has 4 aromatic rings. The number of benzene rings is 3. The Morgan fingerprint density at radius 1 is 0.968 bits per heavy atom. The Balaban J connectivity index is 1.55. The van der Waals surface area contributed by atoms with Crippen molar-refractivity contribution in [3.63, 3.8) is 0 Å². The van der Waals surface area contributed by atoms with E-state index in [9.17, 15) is 19.5 Å². The van der Waals surface area contributed by atoms with E-state index < -0.39 is 23.5 Å². The fraction of sp³-hybridized carbons (Fsp3) is 0.125. The van der Waals surface area contributed by atoms with E-state index >= 15 is 0 Å². The summed E-state index contributed by atoms with van der Waals surface area (Å²) in [5, 5.41) is 13.9. The molecule has 156 valence electrons. The third-order valence-electron chi connectivity index (χ3n) is 5.03. The lowest BCUT2D eigenvalue weighted by Crippen LogP contribution is -2.36. The lowest BCUT2D eigenvalue weighted by atomic mass is 10.0. The van der Waals surface area contributed by atoms with Crippen LogP contribution in [-0.4, -0.2) is 23.6 Å². The van der Waals surface area contributed by atoms with E-state index in [4.69, 9.17) is 9.15 Å². The summed E-state index contributed by atoms with van der Waals surface area (Å²) in [6.45, 7) is 1.35. The number of amides is 1. The Morgan fingerprint density at radius 2 is 1.65 bits per heavy atom. The summed E-state index contributed by atoms with van der Waals surface area (Å²) in [5.41, 5.74) is 0.965. The third kappa shape index (κ3) is 3.98. The normalized spacial score (nSPS) is 11.9. The maximum atomic E-state index is 12.3. The summed E-state index contributed by atoms with van der Waals surface area (Å²) in [6.07, 6.45) is 0. The second-order valence-electron chi connectivity index (χ2n) is 7.04. The summed E-state index contributed by atoms with van der Waals surface area (Å²) in [4.78, 5) is 36.2. The number of fused-ring (bicyclic) bond motifs is 3. The molecule has 1 heterocycles. The van der Waals surface area contributed by atoms with E-state index in [-0.39, 0.29) is 6.61 Å². The minimum atomic E-state index is -1.18. The van der Waals surface area contributed by atoms with E-state index in [2.05, 4.69) is 5.32 Å². The molecule has 3 aromatic carbocycles. The van der Waals surface area contributed by atoms with Crippen molar-refractivity contribution in [2.24, 2.45) is 0 Å². The molecular formula is C24H19NO6. The number of aryl methyl sites for hydroxylation is 1. The van der Waals surface area contributed by atoms with Gasteiger partial charge in [0.15, 0.2) is 12.6 Å². The minimum absolute atomic E-state index is 0.368. The van der Waals surface area contributed by atoms with Crippen LogP contribution in [0.15, 0.2) is 75.9 Å². The number of rotatable bonds is 6. The van der Waals surface area contributed by atoms with Crippen LogP contribution in [0.25, 0.3) is 21.7 Å². The van der Waals surface area contributed by atoms with Crippen LogP contribution in [0.5, 0.6) is 5.75 Å². The summed E-state index contributed by atoms with van der Waals surface area (Å²) in [5.74, 6) is -1.39. The molecule has 0 aliphatic carbocycles. The molecule has 1 amide bonds. The second kappa shape index (κ2) is 8.31. The van der Waals surface area contributed by atoms with Gasteiger partial charge in [0.2, 0.25) is 0 Å². The monoisotopic (exact) mass is 417 g/mol.